The van der Waals surface area contributed by atoms with Crippen LogP contribution in [0.3, 0.4) is 0 Å². The van der Waals surface area contributed by atoms with Crippen LogP contribution in [0.15, 0.2) is 24.3 Å². The van der Waals surface area contributed by atoms with Gasteiger partial charge in [-0.3, -0.25) is 9.69 Å². The second kappa shape index (κ2) is 6.50. The maximum absolute atomic E-state index is 12.4. The summed E-state index contributed by atoms with van der Waals surface area (Å²) < 4.78 is 0. The maximum Gasteiger partial charge on any atom is 0.236 e. The number of rotatable bonds is 6. The minimum Gasteiger partial charge on any atom is -0.344 e. The van der Waals surface area contributed by atoms with Crippen molar-refractivity contribution in [1.29, 1.82) is 5.26 Å². The van der Waals surface area contributed by atoms with Crippen molar-refractivity contribution in [2.45, 2.75) is 44.2 Å². The number of carbonyl (C=O) groups is 1. The number of hydrogen-bond donors (Lipinski definition) is 0. The van der Waals surface area contributed by atoms with Gasteiger partial charge in [-0.15, -0.1) is 0 Å². The lowest BCUT2D eigenvalue weighted by Crippen LogP contribution is -2.41. The van der Waals surface area contributed by atoms with Crippen molar-refractivity contribution < 1.29 is 4.79 Å². The first-order valence-electron chi connectivity index (χ1n) is 8.15. The molecule has 0 aliphatic heterocycles. The molecule has 1 aromatic carbocycles. The van der Waals surface area contributed by atoms with E-state index in [4.69, 9.17) is 5.26 Å². The number of hydrogen-bond acceptors (Lipinski definition) is 3. The SMILES string of the molecule is CN(CCC#N)C(=O)CN(C1CC1)[C@@H]1CCc2ccccc21. The molecular formula is C18H23N3O. The minimum atomic E-state index is 0.131. The average molecular weight is 297 g/mol. The first-order valence-corrected chi connectivity index (χ1v) is 8.15. The van der Waals surface area contributed by atoms with Crippen molar-refractivity contribution in [3.05, 3.63) is 35.4 Å². The Labute approximate surface area is 132 Å². The van der Waals surface area contributed by atoms with E-state index < -0.39 is 0 Å². The van der Waals surface area contributed by atoms with Crippen LogP contribution < -0.4 is 0 Å². The first kappa shape index (κ1) is 15.1. The van der Waals surface area contributed by atoms with Gasteiger partial charge in [0.25, 0.3) is 0 Å². The molecule has 0 saturated heterocycles. The van der Waals surface area contributed by atoms with E-state index in [0.717, 1.165) is 12.8 Å². The molecule has 3 rings (SSSR count). The third-order valence-electron chi connectivity index (χ3n) is 4.82. The van der Waals surface area contributed by atoms with E-state index in [0.29, 0.717) is 31.6 Å². The molecule has 2 aliphatic carbocycles. The molecule has 0 bridgehead atoms. The van der Waals surface area contributed by atoms with Crippen molar-refractivity contribution in [1.82, 2.24) is 9.80 Å². The van der Waals surface area contributed by atoms with E-state index in [-0.39, 0.29) is 5.91 Å². The predicted octanol–water partition coefficient (Wildman–Crippen LogP) is 2.51. The zero-order chi connectivity index (χ0) is 15.5. The highest BCUT2D eigenvalue weighted by Gasteiger charge is 2.38. The van der Waals surface area contributed by atoms with Gasteiger partial charge < -0.3 is 4.90 Å². The lowest BCUT2D eigenvalue weighted by Gasteiger charge is -2.30. The second-order valence-corrected chi connectivity index (χ2v) is 6.38. The van der Waals surface area contributed by atoms with E-state index in [2.05, 4.69) is 35.2 Å². The van der Waals surface area contributed by atoms with Gasteiger partial charge >= 0.3 is 0 Å². The summed E-state index contributed by atoms with van der Waals surface area (Å²) in [6.07, 6.45) is 5.03. The monoisotopic (exact) mass is 297 g/mol. The smallest absolute Gasteiger partial charge is 0.236 e. The van der Waals surface area contributed by atoms with Gasteiger partial charge in [-0.1, -0.05) is 24.3 Å². The molecule has 22 heavy (non-hydrogen) atoms. The predicted molar refractivity (Wildman–Crippen MR) is 85.1 cm³/mol. The lowest BCUT2D eigenvalue weighted by atomic mass is 10.1. The molecule has 116 valence electrons. The van der Waals surface area contributed by atoms with Crippen LogP contribution in [0.4, 0.5) is 0 Å². The molecule has 1 fully saturated rings. The highest BCUT2D eigenvalue weighted by atomic mass is 16.2. The molecule has 1 aromatic rings. The van der Waals surface area contributed by atoms with Gasteiger partial charge in [0.2, 0.25) is 5.91 Å². The molecule has 0 N–H and O–H groups in total. The summed E-state index contributed by atoms with van der Waals surface area (Å²) in [5, 5.41) is 8.66. The van der Waals surface area contributed by atoms with Gasteiger partial charge in [-0.2, -0.15) is 5.26 Å². The van der Waals surface area contributed by atoms with Crippen molar-refractivity contribution in [3.63, 3.8) is 0 Å². The lowest BCUT2D eigenvalue weighted by molar-refractivity contribution is -0.131. The molecule has 0 unspecified atom stereocenters. The summed E-state index contributed by atoms with van der Waals surface area (Å²) in [5.41, 5.74) is 2.84. The van der Waals surface area contributed by atoms with Crippen LogP contribution in [-0.2, 0) is 11.2 Å². The Kier molecular flexibility index (Phi) is 4.44. The normalized spacial score (nSPS) is 19.8. The number of nitriles is 1. The van der Waals surface area contributed by atoms with Crippen LogP contribution in [0.25, 0.3) is 0 Å². The number of nitrogens with zero attached hydrogens (tertiary/aromatic N) is 3. The number of carbonyl (C=O) groups excluding carboxylic acids is 1. The van der Waals surface area contributed by atoms with Gasteiger partial charge in [0.1, 0.15) is 0 Å². The van der Waals surface area contributed by atoms with E-state index in [1.165, 1.54) is 24.0 Å². The zero-order valence-electron chi connectivity index (χ0n) is 13.2. The molecule has 2 aliphatic rings. The molecule has 1 saturated carbocycles. The molecule has 0 radical (unpaired) electrons. The Morgan fingerprint density at radius 3 is 2.82 bits per heavy atom. The molecule has 0 spiro atoms. The summed E-state index contributed by atoms with van der Waals surface area (Å²) in [5.74, 6) is 0.131. The van der Waals surface area contributed by atoms with E-state index in [9.17, 15) is 4.79 Å². The Morgan fingerprint density at radius 1 is 1.32 bits per heavy atom. The van der Waals surface area contributed by atoms with E-state index in [1.807, 2.05) is 0 Å². The van der Waals surface area contributed by atoms with Crippen LogP contribution in [0.1, 0.15) is 42.9 Å². The van der Waals surface area contributed by atoms with Gasteiger partial charge in [0, 0.05) is 25.7 Å². The molecule has 4 heteroatoms. The number of aryl methyl sites for hydroxylation is 1. The molecule has 0 aromatic heterocycles. The Hall–Kier alpha value is -1.86. The number of likely N-dealkylation sites (N-methyl/N-ethyl adjacent to an activating group) is 1. The van der Waals surface area contributed by atoms with E-state index in [1.54, 1.807) is 11.9 Å². The highest BCUT2D eigenvalue weighted by Crippen LogP contribution is 2.41. The average Bonchev–Trinajstić information content (AvgIpc) is 3.29. The fourth-order valence-corrected chi connectivity index (χ4v) is 3.40. The quantitative estimate of drug-likeness (QED) is 0.810. The van der Waals surface area contributed by atoms with Crippen LogP contribution >= 0.6 is 0 Å². The molecular weight excluding hydrogens is 274 g/mol. The van der Waals surface area contributed by atoms with Gasteiger partial charge in [0.15, 0.2) is 0 Å². The summed E-state index contributed by atoms with van der Waals surface area (Å²) in [6, 6.07) is 11.7. The maximum atomic E-state index is 12.4. The fraction of sp³-hybridized carbons (Fsp3) is 0.556. The van der Waals surface area contributed by atoms with Crippen LogP contribution in [0, 0.1) is 11.3 Å². The molecule has 1 amide bonds. The Balaban J connectivity index is 1.70. The topological polar surface area (TPSA) is 47.3 Å². The molecule has 1 atom stereocenters. The first-order chi connectivity index (χ1) is 10.7. The highest BCUT2D eigenvalue weighted by molar-refractivity contribution is 5.78. The van der Waals surface area contributed by atoms with Crippen LogP contribution in [-0.4, -0.2) is 41.9 Å². The zero-order valence-corrected chi connectivity index (χ0v) is 13.2. The Morgan fingerprint density at radius 2 is 2.09 bits per heavy atom. The standard InChI is InChI=1S/C18H23N3O/c1-20(12-4-11-19)18(22)13-21(15-8-9-15)17-10-7-14-5-2-3-6-16(14)17/h2-3,5-6,15,17H,4,7-10,12-13H2,1H3/t17-/m1/s1. The third-order valence-corrected chi connectivity index (χ3v) is 4.82. The van der Waals surface area contributed by atoms with Crippen LogP contribution in [0.5, 0.6) is 0 Å². The number of fused-ring (bicyclic) bond motifs is 1. The van der Waals surface area contributed by atoms with Gasteiger partial charge in [-0.25, -0.2) is 0 Å². The van der Waals surface area contributed by atoms with Crippen molar-refractivity contribution in [2.75, 3.05) is 20.1 Å². The van der Waals surface area contributed by atoms with Crippen molar-refractivity contribution in [2.24, 2.45) is 0 Å². The van der Waals surface area contributed by atoms with E-state index >= 15 is 0 Å². The third kappa shape index (κ3) is 3.15. The largest absolute Gasteiger partial charge is 0.344 e. The van der Waals surface area contributed by atoms with Crippen molar-refractivity contribution >= 4 is 5.91 Å². The molecule has 0 heterocycles. The minimum absolute atomic E-state index is 0.131. The van der Waals surface area contributed by atoms with Crippen LogP contribution in [0.2, 0.25) is 0 Å². The Bertz CT molecular complexity index is 588. The summed E-state index contributed by atoms with van der Waals surface area (Å²) in [6.45, 7) is 1.00. The summed E-state index contributed by atoms with van der Waals surface area (Å²) in [4.78, 5) is 16.5. The number of benzene rings is 1. The summed E-state index contributed by atoms with van der Waals surface area (Å²) >= 11 is 0. The van der Waals surface area contributed by atoms with Gasteiger partial charge in [-0.05, 0) is 36.8 Å². The van der Waals surface area contributed by atoms with Crippen molar-refractivity contribution in [3.8, 4) is 6.07 Å². The second-order valence-electron chi connectivity index (χ2n) is 6.38. The van der Waals surface area contributed by atoms with Gasteiger partial charge in [0.05, 0.1) is 19.0 Å². The summed E-state index contributed by atoms with van der Waals surface area (Å²) in [7, 11) is 1.80. The fourth-order valence-electron chi connectivity index (χ4n) is 3.40. The number of amides is 1. The molecule has 4 nitrogen and oxygen atoms in total.